The maximum atomic E-state index is 13.7. The summed E-state index contributed by atoms with van der Waals surface area (Å²) in [7, 11) is 0. The molecule has 2 amide bonds. The lowest BCUT2D eigenvalue weighted by Gasteiger charge is -2.35. The maximum Gasteiger partial charge on any atom is 0.255 e. The Kier molecular flexibility index (Phi) is 4.88. The van der Waals surface area contributed by atoms with E-state index < -0.39 is 0 Å². The quantitative estimate of drug-likeness (QED) is 0.930. The van der Waals surface area contributed by atoms with Crippen molar-refractivity contribution in [2.75, 3.05) is 26.2 Å². The Balaban J connectivity index is 1.58. The highest BCUT2D eigenvalue weighted by Gasteiger charge is 2.26. The van der Waals surface area contributed by atoms with E-state index in [9.17, 15) is 14.0 Å². The summed E-state index contributed by atoms with van der Waals surface area (Å²) in [4.78, 5) is 31.6. The number of nitrogens with zero attached hydrogens (tertiary/aromatic N) is 2. The standard InChI is InChI=1S/C19H22FN3O2/c1-13-11-16(14(2)21-13)19(25)23-9-7-22(8-10-23)18(24)12-15-5-3-4-6-17(15)20/h3-6,11,21H,7-10,12H2,1-2H3. The van der Waals surface area contributed by atoms with E-state index in [1.54, 1.807) is 28.0 Å². The largest absolute Gasteiger partial charge is 0.362 e. The molecule has 2 aromatic rings. The van der Waals surface area contributed by atoms with Crippen LogP contribution in [0.15, 0.2) is 30.3 Å². The summed E-state index contributed by atoms with van der Waals surface area (Å²) in [5.74, 6) is -0.475. The molecule has 0 spiro atoms. The third-order valence-corrected chi connectivity index (χ3v) is 4.60. The number of nitrogens with one attached hydrogen (secondary N) is 1. The van der Waals surface area contributed by atoms with Crippen molar-refractivity contribution in [2.24, 2.45) is 0 Å². The van der Waals surface area contributed by atoms with E-state index >= 15 is 0 Å². The number of hydrogen-bond acceptors (Lipinski definition) is 2. The average molecular weight is 343 g/mol. The van der Waals surface area contributed by atoms with Crippen LogP contribution in [0.1, 0.15) is 27.3 Å². The first-order valence-corrected chi connectivity index (χ1v) is 8.42. The molecule has 1 aliphatic rings. The zero-order chi connectivity index (χ0) is 18.0. The third kappa shape index (κ3) is 3.73. The van der Waals surface area contributed by atoms with E-state index in [4.69, 9.17) is 0 Å². The Bertz CT molecular complexity index is 792. The smallest absolute Gasteiger partial charge is 0.255 e. The summed E-state index contributed by atoms with van der Waals surface area (Å²) in [5.41, 5.74) is 2.91. The van der Waals surface area contributed by atoms with Crippen molar-refractivity contribution in [3.63, 3.8) is 0 Å². The van der Waals surface area contributed by atoms with Gasteiger partial charge in [-0.05, 0) is 31.5 Å². The third-order valence-electron chi connectivity index (χ3n) is 4.60. The number of halogens is 1. The summed E-state index contributed by atoms with van der Waals surface area (Å²) in [6, 6.07) is 8.18. The van der Waals surface area contributed by atoms with E-state index in [2.05, 4.69) is 4.98 Å². The molecule has 0 atom stereocenters. The van der Waals surface area contributed by atoms with Gasteiger partial charge in [-0.1, -0.05) is 18.2 Å². The number of aromatic amines is 1. The number of aryl methyl sites for hydroxylation is 2. The first-order valence-electron chi connectivity index (χ1n) is 8.42. The molecule has 0 aliphatic carbocycles. The van der Waals surface area contributed by atoms with Crippen molar-refractivity contribution in [2.45, 2.75) is 20.3 Å². The average Bonchev–Trinajstić information content (AvgIpc) is 2.94. The predicted octanol–water partition coefficient (Wildman–Crippen LogP) is 2.30. The highest BCUT2D eigenvalue weighted by molar-refractivity contribution is 5.95. The number of carbonyl (C=O) groups excluding carboxylic acids is 2. The van der Waals surface area contributed by atoms with E-state index in [0.717, 1.165) is 11.4 Å². The molecule has 0 saturated carbocycles. The van der Waals surface area contributed by atoms with Crippen LogP contribution >= 0.6 is 0 Å². The Labute approximate surface area is 146 Å². The summed E-state index contributed by atoms with van der Waals surface area (Å²) < 4.78 is 13.7. The van der Waals surface area contributed by atoms with Crippen LogP contribution in [0.25, 0.3) is 0 Å². The van der Waals surface area contributed by atoms with Gasteiger partial charge in [0.15, 0.2) is 0 Å². The fraction of sp³-hybridized carbons (Fsp3) is 0.368. The number of benzene rings is 1. The highest BCUT2D eigenvalue weighted by atomic mass is 19.1. The summed E-state index contributed by atoms with van der Waals surface area (Å²) in [6.07, 6.45) is 0.0523. The topological polar surface area (TPSA) is 56.4 Å². The molecule has 1 aromatic heterocycles. The van der Waals surface area contributed by atoms with Gasteiger partial charge in [0.1, 0.15) is 5.82 Å². The minimum atomic E-state index is -0.358. The predicted molar refractivity (Wildman–Crippen MR) is 92.9 cm³/mol. The summed E-state index contributed by atoms with van der Waals surface area (Å²) >= 11 is 0. The van der Waals surface area contributed by atoms with Crippen LogP contribution in [-0.2, 0) is 11.2 Å². The lowest BCUT2D eigenvalue weighted by molar-refractivity contribution is -0.132. The van der Waals surface area contributed by atoms with Gasteiger partial charge in [0, 0.05) is 37.6 Å². The van der Waals surface area contributed by atoms with Crippen LogP contribution < -0.4 is 0 Å². The monoisotopic (exact) mass is 343 g/mol. The zero-order valence-electron chi connectivity index (χ0n) is 14.5. The molecule has 2 heterocycles. The Morgan fingerprint density at radius 3 is 2.32 bits per heavy atom. The number of piperazine rings is 1. The molecule has 1 saturated heterocycles. The maximum absolute atomic E-state index is 13.7. The molecule has 25 heavy (non-hydrogen) atoms. The number of amides is 2. The fourth-order valence-electron chi connectivity index (χ4n) is 3.19. The Hall–Kier alpha value is -2.63. The first-order chi connectivity index (χ1) is 12.0. The lowest BCUT2D eigenvalue weighted by atomic mass is 10.1. The fourth-order valence-corrected chi connectivity index (χ4v) is 3.19. The van der Waals surface area contributed by atoms with Crippen molar-refractivity contribution >= 4 is 11.8 Å². The van der Waals surface area contributed by atoms with Gasteiger partial charge < -0.3 is 14.8 Å². The molecule has 1 aliphatic heterocycles. The molecule has 3 rings (SSSR count). The number of H-pyrrole nitrogens is 1. The van der Waals surface area contributed by atoms with Gasteiger partial charge in [-0.3, -0.25) is 9.59 Å². The van der Waals surface area contributed by atoms with Crippen molar-refractivity contribution in [3.8, 4) is 0 Å². The van der Waals surface area contributed by atoms with Gasteiger partial charge in [-0.25, -0.2) is 4.39 Å². The minimum absolute atomic E-state index is 0.0111. The van der Waals surface area contributed by atoms with E-state index in [1.165, 1.54) is 6.07 Å². The SMILES string of the molecule is Cc1cc(C(=O)N2CCN(C(=O)Cc3ccccc3F)CC2)c(C)[nH]1. The van der Waals surface area contributed by atoms with Crippen LogP contribution in [0.5, 0.6) is 0 Å². The van der Waals surface area contributed by atoms with Gasteiger partial charge >= 0.3 is 0 Å². The van der Waals surface area contributed by atoms with Crippen molar-refractivity contribution in [1.82, 2.24) is 14.8 Å². The van der Waals surface area contributed by atoms with Crippen molar-refractivity contribution < 1.29 is 14.0 Å². The Morgan fingerprint density at radius 1 is 1.08 bits per heavy atom. The summed E-state index contributed by atoms with van der Waals surface area (Å²) in [6.45, 7) is 5.73. The second kappa shape index (κ2) is 7.09. The van der Waals surface area contributed by atoms with Gasteiger partial charge in [0.2, 0.25) is 5.91 Å². The van der Waals surface area contributed by atoms with Gasteiger partial charge in [-0.15, -0.1) is 0 Å². The van der Waals surface area contributed by atoms with Crippen molar-refractivity contribution in [1.29, 1.82) is 0 Å². The van der Waals surface area contributed by atoms with Gasteiger partial charge in [0.05, 0.1) is 12.0 Å². The Morgan fingerprint density at radius 2 is 1.72 bits per heavy atom. The van der Waals surface area contributed by atoms with Crippen LogP contribution in [0.2, 0.25) is 0 Å². The second-order valence-electron chi connectivity index (χ2n) is 6.43. The van der Waals surface area contributed by atoms with E-state index in [-0.39, 0.29) is 24.1 Å². The molecular weight excluding hydrogens is 321 g/mol. The van der Waals surface area contributed by atoms with Gasteiger partial charge in [-0.2, -0.15) is 0 Å². The number of rotatable bonds is 3. The van der Waals surface area contributed by atoms with E-state index in [0.29, 0.717) is 37.3 Å². The zero-order valence-corrected chi connectivity index (χ0v) is 14.5. The molecule has 1 aromatic carbocycles. The van der Waals surface area contributed by atoms with Crippen LogP contribution in [0, 0.1) is 19.7 Å². The van der Waals surface area contributed by atoms with Gasteiger partial charge in [0.25, 0.3) is 5.91 Å². The molecule has 0 radical (unpaired) electrons. The second-order valence-corrected chi connectivity index (χ2v) is 6.43. The highest BCUT2D eigenvalue weighted by Crippen LogP contribution is 2.15. The number of carbonyl (C=O) groups is 2. The molecule has 5 nitrogen and oxygen atoms in total. The molecule has 132 valence electrons. The van der Waals surface area contributed by atoms with Crippen LogP contribution in [0.4, 0.5) is 4.39 Å². The minimum Gasteiger partial charge on any atom is -0.362 e. The molecule has 0 unspecified atom stereocenters. The summed E-state index contributed by atoms with van der Waals surface area (Å²) in [5, 5.41) is 0. The lowest BCUT2D eigenvalue weighted by Crippen LogP contribution is -2.51. The number of hydrogen-bond donors (Lipinski definition) is 1. The molecule has 1 N–H and O–H groups in total. The molecule has 6 heteroatoms. The molecule has 0 bridgehead atoms. The van der Waals surface area contributed by atoms with Crippen molar-refractivity contribution in [3.05, 3.63) is 58.7 Å². The van der Waals surface area contributed by atoms with E-state index in [1.807, 2.05) is 19.9 Å². The molecular formula is C19H22FN3O2. The van der Waals surface area contributed by atoms with Crippen LogP contribution in [0.3, 0.4) is 0 Å². The molecule has 1 fully saturated rings. The first kappa shape index (κ1) is 17.2. The van der Waals surface area contributed by atoms with Crippen LogP contribution in [-0.4, -0.2) is 52.8 Å². The number of aromatic nitrogens is 1. The normalized spacial score (nSPS) is 14.7.